The number of aryl methyl sites for hydroxylation is 1. The number of aromatic nitrogens is 4. The van der Waals surface area contributed by atoms with E-state index in [0.717, 1.165) is 30.9 Å². The zero-order valence-electron chi connectivity index (χ0n) is 15.5. The topological polar surface area (TPSA) is 86.3 Å². The second-order valence-corrected chi connectivity index (χ2v) is 7.26. The maximum Gasteiger partial charge on any atom is 0.257 e. The third kappa shape index (κ3) is 3.02. The summed E-state index contributed by atoms with van der Waals surface area (Å²) in [6.07, 6.45) is 3.94. The molecule has 8 nitrogen and oxygen atoms in total. The molecule has 0 radical (unpaired) electrons. The van der Waals surface area contributed by atoms with Crippen molar-refractivity contribution in [3.05, 3.63) is 29.2 Å². The molecule has 2 aliphatic rings. The van der Waals surface area contributed by atoms with Crippen molar-refractivity contribution < 1.29 is 14.1 Å². The molecule has 1 saturated carbocycles. The Morgan fingerprint density at radius 2 is 2.19 bits per heavy atom. The van der Waals surface area contributed by atoms with Crippen molar-refractivity contribution in [1.29, 1.82) is 0 Å². The van der Waals surface area contributed by atoms with E-state index >= 15 is 0 Å². The van der Waals surface area contributed by atoms with E-state index in [1.54, 1.807) is 13.3 Å². The fourth-order valence-corrected chi connectivity index (χ4v) is 3.75. The van der Waals surface area contributed by atoms with Gasteiger partial charge in [0.1, 0.15) is 0 Å². The van der Waals surface area contributed by atoms with Gasteiger partial charge in [0, 0.05) is 44.3 Å². The fourth-order valence-electron chi connectivity index (χ4n) is 3.75. The summed E-state index contributed by atoms with van der Waals surface area (Å²) >= 11 is 0. The van der Waals surface area contributed by atoms with Gasteiger partial charge in [-0.2, -0.15) is 10.1 Å². The van der Waals surface area contributed by atoms with Crippen LogP contribution in [0.25, 0.3) is 0 Å². The number of hydrogen-bond acceptors (Lipinski definition) is 6. The van der Waals surface area contributed by atoms with Gasteiger partial charge in [-0.25, -0.2) is 0 Å². The van der Waals surface area contributed by atoms with Crippen molar-refractivity contribution >= 4 is 5.91 Å². The standard InChI is InChI=1S/C18H25N5O3/c1-4-23-11(2)14(7-19-23)18(24)22-8-13(10-25-3)15(9-22)17-20-16(21-26-17)12-5-6-12/h7,12-13,15H,4-6,8-10H2,1-3H3/t13-,15+/m0/s1. The van der Waals surface area contributed by atoms with Gasteiger partial charge >= 0.3 is 0 Å². The maximum atomic E-state index is 13.0. The predicted octanol–water partition coefficient (Wildman–Crippen LogP) is 1.97. The zero-order valence-corrected chi connectivity index (χ0v) is 15.5. The molecule has 0 aromatic carbocycles. The van der Waals surface area contributed by atoms with Crippen molar-refractivity contribution in [3.63, 3.8) is 0 Å². The van der Waals surface area contributed by atoms with Gasteiger partial charge in [0.25, 0.3) is 5.91 Å². The SMILES string of the molecule is CCn1ncc(C(=O)N2C[C@@H](COC)[C@H](c3nc(C4CC4)no3)C2)c1C. The first kappa shape index (κ1) is 17.2. The molecule has 1 aliphatic carbocycles. The highest BCUT2D eigenvalue weighted by molar-refractivity contribution is 5.95. The van der Waals surface area contributed by atoms with Gasteiger partial charge in [0.2, 0.25) is 5.89 Å². The third-order valence-electron chi connectivity index (χ3n) is 5.46. The molecule has 0 N–H and O–H groups in total. The highest BCUT2D eigenvalue weighted by Gasteiger charge is 2.41. The molecule has 1 aliphatic heterocycles. The van der Waals surface area contributed by atoms with Crippen LogP contribution in [0.5, 0.6) is 0 Å². The van der Waals surface area contributed by atoms with E-state index in [-0.39, 0.29) is 17.7 Å². The highest BCUT2D eigenvalue weighted by Crippen LogP contribution is 2.40. The van der Waals surface area contributed by atoms with Crippen molar-refractivity contribution in [3.8, 4) is 0 Å². The molecule has 1 saturated heterocycles. The van der Waals surface area contributed by atoms with Crippen LogP contribution in [0.4, 0.5) is 0 Å². The Bertz CT molecular complexity index is 795. The second kappa shape index (κ2) is 6.83. The largest absolute Gasteiger partial charge is 0.384 e. The number of amides is 1. The van der Waals surface area contributed by atoms with E-state index in [2.05, 4.69) is 15.2 Å². The minimum atomic E-state index is 0.00716. The molecule has 0 spiro atoms. The maximum absolute atomic E-state index is 13.0. The van der Waals surface area contributed by atoms with E-state index in [0.29, 0.717) is 37.1 Å². The monoisotopic (exact) mass is 359 g/mol. The van der Waals surface area contributed by atoms with Crippen molar-refractivity contribution in [2.75, 3.05) is 26.8 Å². The molecule has 4 rings (SSSR count). The van der Waals surface area contributed by atoms with E-state index in [4.69, 9.17) is 9.26 Å². The summed E-state index contributed by atoms with van der Waals surface area (Å²) in [6.45, 7) is 6.44. The number of nitrogens with zero attached hydrogens (tertiary/aromatic N) is 5. The lowest BCUT2D eigenvalue weighted by Crippen LogP contribution is -2.29. The highest BCUT2D eigenvalue weighted by atomic mass is 16.5. The molecule has 2 fully saturated rings. The molecule has 0 unspecified atom stereocenters. The average molecular weight is 359 g/mol. The number of rotatable bonds is 6. The average Bonchev–Trinajstić information content (AvgIpc) is 3.06. The van der Waals surface area contributed by atoms with Crippen LogP contribution in [0.3, 0.4) is 0 Å². The molecule has 2 aromatic heterocycles. The predicted molar refractivity (Wildman–Crippen MR) is 92.9 cm³/mol. The van der Waals surface area contributed by atoms with Crippen LogP contribution in [0, 0.1) is 12.8 Å². The molecule has 2 atom stereocenters. The van der Waals surface area contributed by atoms with Crippen molar-refractivity contribution in [1.82, 2.24) is 24.8 Å². The number of ether oxygens (including phenoxy) is 1. The second-order valence-electron chi connectivity index (χ2n) is 7.26. The van der Waals surface area contributed by atoms with Crippen LogP contribution in [0.1, 0.15) is 59.4 Å². The summed E-state index contributed by atoms with van der Waals surface area (Å²) in [5.74, 6) is 2.06. The summed E-state index contributed by atoms with van der Waals surface area (Å²) in [5.41, 5.74) is 1.56. The summed E-state index contributed by atoms with van der Waals surface area (Å²) in [5, 5.41) is 8.42. The van der Waals surface area contributed by atoms with Gasteiger partial charge in [0.15, 0.2) is 5.82 Å². The lowest BCUT2D eigenvalue weighted by molar-refractivity contribution is 0.0774. The summed E-state index contributed by atoms with van der Waals surface area (Å²) in [4.78, 5) is 19.5. The molecule has 8 heteroatoms. The molecular weight excluding hydrogens is 334 g/mol. The summed E-state index contributed by atoms with van der Waals surface area (Å²) < 4.78 is 12.8. The van der Waals surface area contributed by atoms with Gasteiger partial charge in [-0.15, -0.1) is 0 Å². The van der Waals surface area contributed by atoms with Gasteiger partial charge < -0.3 is 14.2 Å². The Labute approximate surface area is 152 Å². The van der Waals surface area contributed by atoms with Gasteiger partial charge in [-0.3, -0.25) is 9.48 Å². The van der Waals surface area contributed by atoms with E-state index in [1.165, 1.54) is 0 Å². The number of likely N-dealkylation sites (tertiary alicyclic amines) is 1. The van der Waals surface area contributed by atoms with Crippen molar-refractivity contribution in [2.45, 2.75) is 45.1 Å². The molecule has 26 heavy (non-hydrogen) atoms. The van der Waals surface area contributed by atoms with Crippen LogP contribution < -0.4 is 0 Å². The lowest BCUT2D eigenvalue weighted by Gasteiger charge is -2.16. The normalized spacial score (nSPS) is 23.0. The molecular formula is C18H25N5O3. The van der Waals surface area contributed by atoms with Gasteiger partial charge in [-0.1, -0.05) is 5.16 Å². The smallest absolute Gasteiger partial charge is 0.257 e. The molecule has 1 amide bonds. The Balaban J connectivity index is 1.54. The molecule has 2 aromatic rings. The van der Waals surface area contributed by atoms with E-state index in [1.807, 2.05) is 23.4 Å². The molecule has 3 heterocycles. The van der Waals surface area contributed by atoms with Crippen LogP contribution in [0.15, 0.2) is 10.7 Å². The number of methoxy groups -OCH3 is 1. The molecule has 140 valence electrons. The lowest BCUT2D eigenvalue weighted by atomic mass is 9.97. The Hall–Kier alpha value is -2.22. The molecule has 0 bridgehead atoms. The summed E-state index contributed by atoms with van der Waals surface area (Å²) in [6, 6.07) is 0. The minimum absolute atomic E-state index is 0.00716. The Morgan fingerprint density at radius 3 is 2.85 bits per heavy atom. The van der Waals surface area contributed by atoms with E-state index in [9.17, 15) is 4.79 Å². The minimum Gasteiger partial charge on any atom is -0.384 e. The first-order valence-electron chi connectivity index (χ1n) is 9.26. The van der Waals surface area contributed by atoms with Gasteiger partial charge in [0.05, 0.1) is 24.3 Å². The summed E-state index contributed by atoms with van der Waals surface area (Å²) in [7, 11) is 1.68. The number of hydrogen-bond donors (Lipinski definition) is 0. The van der Waals surface area contributed by atoms with Crippen LogP contribution in [-0.4, -0.2) is 57.5 Å². The number of carbonyl (C=O) groups is 1. The Kier molecular flexibility index (Phi) is 4.52. The zero-order chi connectivity index (χ0) is 18.3. The van der Waals surface area contributed by atoms with Crippen LogP contribution in [-0.2, 0) is 11.3 Å². The van der Waals surface area contributed by atoms with Gasteiger partial charge in [-0.05, 0) is 26.7 Å². The number of carbonyl (C=O) groups excluding carboxylic acids is 1. The van der Waals surface area contributed by atoms with E-state index < -0.39 is 0 Å². The third-order valence-corrected chi connectivity index (χ3v) is 5.46. The fraction of sp³-hybridized carbons (Fsp3) is 0.667. The quantitative estimate of drug-likeness (QED) is 0.784. The van der Waals surface area contributed by atoms with Crippen LogP contribution >= 0.6 is 0 Å². The van der Waals surface area contributed by atoms with Crippen molar-refractivity contribution in [2.24, 2.45) is 5.92 Å². The Morgan fingerprint density at radius 1 is 1.38 bits per heavy atom. The van der Waals surface area contributed by atoms with Crippen LogP contribution in [0.2, 0.25) is 0 Å². The first-order valence-corrected chi connectivity index (χ1v) is 9.26. The first-order chi connectivity index (χ1) is 12.6.